The van der Waals surface area contributed by atoms with Gasteiger partial charge in [-0.25, -0.2) is 4.79 Å². The number of hydrogen-bond acceptors (Lipinski definition) is 5. The van der Waals surface area contributed by atoms with Crippen molar-refractivity contribution in [1.29, 1.82) is 0 Å². The van der Waals surface area contributed by atoms with Crippen molar-refractivity contribution in [1.82, 2.24) is 0 Å². The predicted octanol–water partition coefficient (Wildman–Crippen LogP) is 4.97. The monoisotopic (exact) mass is 459 g/mol. The van der Waals surface area contributed by atoms with E-state index in [2.05, 4.69) is 10.1 Å². The van der Waals surface area contributed by atoms with Crippen LogP contribution in [0.3, 0.4) is 0 Å². The third-order valence-corrected chi connectivity index (χ3v) is 4.40. The number of nitrogens with one attached hydrogen (secondary N) is 1. The van der Waals surface area contributed by atoms with Crippen LogP contribution < -0.4 is 10.1 Å². The van der Waals surface area contributed by atoms with E-state index in [1.165, 1.54) is 36.4 Å². The van der Waals surface area contributed by atoms with E-state index in [0.717, 1.165) is 6.07 Å². The number of ether oxygens (including phenoxy) is 2. The van der Waals surface area contributed by atoms with Crippen LogP contribution in [-0.2, 0) is 9.53 Å². The van der Waals surface area contributed by atoms with Gasteiger partial charge < -0.3 is 14.8 Å². The fourth-order valence-corrected chi connectivity index (χ4v) is 2.93. The van der Waals surface area contributed by atoms with Gasteiger partial charge in [0.15, 0.2) is 12.4 Å². The van der Waals surface area contributed by atoms with Crippen LogP contribution in [0, 0.1) is 0 Å². The quantitative estimate of drug-likeness (QED) is 0.380. The number of ketones is 1. The first-order chi connectivity index (χ1) is 15.3. The fraction of sp³-hybridized carbons (Fsp3) is 0.0870. The van der Waals surface area contributed by atoms with Gasteiger partial charge in [-0.1, -0.05) is 48.0 Å². The minimum atomic E-state index is -3.04. The number of anilines is 1. The van der Waals surface area contributed by atoms with E-state index in [1.54, 1.807) is 30.3 Å². The molecule has 1 amide bonds. The average molecular weight is 460 g/mol. The largest absolute Gasteiger partial charge is 0.452 e. The molecule has 1 N–H and O–H groups in total. The maximum Gasteiger partial charge on any atom is 0.387 e. The molecule has 0 aromatic heterocycles. The lowest BCUT2D eigenvalue weighted by Gasteiger charge is -2.12. The minimum Gasteiger partial charge on any atom is -0.452 e. The maximum absolute atomic E-state index is 12.8. The predicted molar refractivity (Wildman–Crippen MR) is 113 cm³/mol. The Morgan fingerprint density at radius 1 is 0.906 bits per heavy atom. The van der Waals surface area contributed by atoms with Crippen molar-refractivity contribution in [2.45, 2.75) is 6.61 Å². The SMILES string of the molecule is O=C(COC(=O)c1cccc(OC(F)F)c1)Nc1ccc(Cl)cc1C(=O)c1ccccc1. The Morgan fingerprint density at radius 2 is 1.62 bits per heavy atom. The molecule has 0 radical (unpaired) electrons. The summed E-state index contributed by atoms with van der Waals surface area (Å²) in [6, 6.07) is 17.8. The molecule has 0 saturated heterocycles. The molecular weight excluding hydrogens is 444 g/mol. The molecule has 32 heavy (non-hydrogen) atoms. The van der Waals surface area contributed by atoms with Crippen molar-refractivity contribution >= 4 is 34.9 Å². The van der Waals surface area contributed by atoms with Gasteiger partial charge in [0.05, 0.1) is 11.3 Å². The number of benzene rings is 3. The molecule has 0 heterocycles. The molecule has 0 unspecified atom stereocenters. The Bertz CT molecular complexity index is 1140. The van der Waals surface area contributed by atoms with Gasteiger partial charge >= 0.3 is 12.6 Å². The molecule has 0 aliphatic rings. The lowest BCUT2D eigenvalue weighted by molar-refractivity contribution is -0.119. The van der Waals surface area contributed by atoms with Crippen molar-refractivity contribution in [3.63, 3.8) is 0 Å². The molecule has 3 rings (SSSR count). The molecule has 164 valence electrons. The average Bonchev–Trinajstić information content (AvgIpc) is 2.78. The zero-order valence-corrected chi connectivity index (χ0v) is 17.1. The summed E-state index contributed by atoms with van der Waals surface area (Å²) in [5.41, 5.74) is 0.696. The van der Waals surface area contributed by atoms with E-state index in [0.29, 0.717) is 10.6 Å². The van der Waals surface area contributed by atoms with Crippen molar-refractivity contribution in [3.8, 4) is 5.75 Å². The highest BCUT2D eigenvalue weighted by atomic mass is 35.5. The van der Waals surface area contributed by atoms with Crippen LogP contribution in [0.1, 0.15) is 26.3 Å². The Hall–Kier alpha value is -3.78. The molecule has 3 aromatic rings. The van der Waals surface area contributed by atoms with Crippen molar-refractivity contribution in [3.05, 3.63) is 94.5 Å². The lowest BCUT2D eigenvalue weighted by Crippen LogP contribution is -2.22. The standard InChI is InChI=1S/C23H16ClF2NO5/c24-16-9-10-19(18(12-16)21(29)14-5-2-1-3-6-14)27-20(28)13-31-22(30)15-7-4-8-17(11-15)32-23(25)26/h1-12,23H,13H2,(H,27,28). The summed E-state index contributed by atoms with van der Waals surface area (Å²) < 4.78 is 33.8. The molecule has 0 fully saturated rings. The number of alkyl halides is 2. The van der Waals surface area contributed by atoms with Crippen LogP contribution in [-0.4, -0.2) is 30.9 Å². The van der Waals surface area contributed by atoms with Crippen LogP contribution in [0.15, 0.2) is 72.8 Å². The number of amides is 1. The summed E-state index contributed by atoms with van der Waals surface area (Å²) in [5, 5.41) is 2.82. The first kappa shape index (κ1) is 22.9. The highest BCUT2D eigenvalue weighted by Gasteiger charge is 2.17. The fourth-order valence-electron chi connectivity index (χ4n) is 2.76. The molecular formula is C23H16ClF2NO5. The van der Waals surface area contributed by atoms with Crippen LogP contribution in [0.4, 0.5) is 14.5 Å². The molecule has 3 aromatic carbocycles. The minimum absolute atomic E-state index is 0.0672. The van der Waals surface area contributed by atoms with E-state index in [1.807, 2.05) is 0 Å². The Labute approximate surface area is 186 Å². The highest BCUT2D eigenvalue weighted by molar-refractivity contribution is 6.31. The van der Waals surface area contributed by atoms with Gasteiger partial charge in [-0.2, -0.15) is 8.78 Å². The molecule has 0 bridgehead atoms. The second kappa shape index (κ2) is 10.5. The van der Waals surface area contributed by atoms with E-state index >= 15 is 0 Å². The Balaban J connectivity index is 1.67. The maximum atomic E-state index is 12.8. The second-order valence-electron chi connectivity index (χ2n) is 6.42. The van der Waals surface area contributed by atoms with Gasteiger partial charge in [0.2, 0.25) is 0 Å². The third-order valence-electron chi connectivity index (χ3n) is 4.17. The number of halogens is 3. The van der Waals surface area contributed by atoms with Gasteiger partial charge in [0.25, 0.3) is 5.91 Å². The molecule has 0 aliphatic carbocycles. The smallest absolute Gasteiger partial charge is 0.387 e. The first-order valence-corrected chi connectivity index (χ1v) is 9.62. The molecule has 0 saturated carbocycles. The van der Waals surface area contributed by atoms with Crippen LogP contribution >= 0.6 is 11.6 Å². The molecule has 0 spiro atoms. The van der Waals surface area contributed by atoms with E-state index < -0.39 is 25.1 Å². The summed E-state index contributed by atoms with van der Waals surface area (Å²) in [7, 11) is 0. The topological polar surface area (TPSA) is 81.7 Å². The summed E-state index contributed by atoms with van der Waals surface area (Å²) in [4.78, 5) is 37.2. The van der Waals surface area contributed by atoms with Crippen molar-refractivity contribution in [2.24, 2.45) is 0 Å². The van der Waals surface area contributed by atoms with Gasteiger partial charge in [-0.15, -0.1) is 0 Å². The number of carbonyl (C=O) groups excluding carboxylic acids is 3. The number of carbonyl (C=O) groups is 3. The number of rotatable bonds is 8. The van der Waals surface area contributed by atoms with Gasteiger partial charge in [-0.3, -0.25) is 9.59 Å². The van der Waals surface area contributed by atoms with Gasteiger partial charge in [0.1, 0.15) is 5.75 Å². The number of esters is 1. The van der Waals surface area contributed by atoms with Crippen molar-refractivity contribution < 1.29 is 32.6 Å². The summed E-state index contributed by atoms with van der Waals surface area (Å²) in [5.74, 6) is -2.18. The summed E-state index contributed by atoms with van der Waals surface area (Å²) >= 11 is 6.01. The van der Waals surface area contributed by atoms with Crippen LogP contribution in [0.2, 0.25) is 5.02 Å². The van der Waals surface area contributed by atoms with Gasteiger partial charge in [-0.05, 0) is 36.4 Å². The highest BCUT2D eigenvalue weighted by Crippen LogP contribution is 2.24. The normalized spacial score (nSPS) is 10.5. The Kier molecular flexibility index (Phi) is 7.51. The third kappa shape index (κ3) is 6.12. The Morgan fingerprint density at radius 3 is 2.34 bits per heavy atom. The molecule has 6 nitrogen and oxygen atoms in total. The van der Waals surface area contributed by atoms with Gasteiger partial charge in [0, 0.05) is 16.1 Å². The second-order valence-corrected chi connectivity index (χ2v) is 6.85. The van der Waals surface area contributed by atoms with Crippen LogP contribution in [0.5, 0.6) is 5.75 Å². The first-order valence-electron chi connectivity index (χ1n) is 9.24. The van der Waals surface area contributed by atoms with Crippen LogP contribution in [0.25, 0.3) is 0 Å². The van der Waals surface area contributed by atoms with Crippen molar-refractivity contribution in [2.75, 3.05) is 11.9 Å². The van der Waals surface area contributed by atoms with E-state index in [-0.39, 0.29) is 28.3 Å². The summed E-state index contributed by atoms with van der Waals surface area (Å²) in [6.07, 6.45) is 0. The summed E-state index contributed by atoms with van der Waals surface area (Å²) in [6.45, 7) is -3.71. The zero-order valence-electron chi connectivity index (χ0n) is 16.4. The van der Waals surface area contributed by atoms with E-state index in [4.69, 9.17) is 16.3 Å². The zero-order chi connectivity index (χ0) is 23.1. The molecule has 0 aliphatic heterocycles. The van der Waals surface area contributed by atoms with E-state index in [9.17, 15) is 23.2 Å². The number of hydrogen-bond donors (Lipinski definition) is 1. The molecule has 9 heteroatoms. The lowest BCUT2D eigenvalue weighted by atomic mass is 10.0. The molecule has 0 atom stereocenters.